The maximum atomic E-state index is 14.3. The van der Waals surface area contributed by atoms with Crippen LogP contribution >= 0.6 is 0 Å². The Hall–Kier alpha value is -3.55. The number of phenols is 1. The number of hydrogen-bond donors (Lipinski definition) is 2. The van der Waals surface area contributed by atoms with E-state index in [-0.39, 0.29) is 39.9 Å². The normalized spacial score (nSPS) is 10.7. The van der Waals surface area contributed by atoms with Gasteiger partial charge in [-0.2, -0.15) is 0 Å². The van der Waals surface area contributed by atoms with Gasteiger partial charge in [-0.25, -0.2) is 9.18 Å². The molecule has 1 aromatic heterocycles. The van der Waals surface area contributed by atoms with Crippen molar-refractivity contribution in [3.05, 3.63) is 63.0 Å². The molecule has 7 nitrogen and oxygen atoms in total. The molecule has 0 fully saturated rings. The van der Waals surface area contributed by atoms with Gasteiger partial charge in [0.1, 0.15) is 17.3 Å². The topological polar surface area (TPSA) is 109 Å². The smallest absolute Gasteiger partial charge is 0.340 e. The molecule has 0 aliphatic rings. The maximum Gasteiger partial charge on any atom is 0.340 e. The third-order valence-electron chi connectivity index (χ3n) is 3.82. The second kappa shape index (κ2) is 6.75. The van der Waals surface area contributed by atoms with Crippen LogP contribution in [-0.4, -0.2) is 22.7 Å². The number of halogens is 1. The zero-order chi connectivity index (χ0) is 18.8. The van der Waals surface area contributed by atoms with Gasteiger partial charge in [-0.3, -0.25) is 4.79 Å². The van der Waals surface area contributed by atoms with Gasteiger partial charge in [0.25, 0.3) is 5.56 Å². The van der Waals surface area contributed by atoms with Crippen LogP contribution in [0.25, 0.3) is 22.0 Å². The first-order valence-electron chi connectivity index (χ1n) is 7.66. The van der Waals surface area contributed by atoms with Gasteiger partial charge in [0.2, 0.25) is 0 Å². The SMILES string of the molecule is CCOC(=O)c1c(-c2ccccc2F)[nH]c(=O)c2c(O)cc(N=O)cc12. The summed E-state index contributed by atoms with van der Waals surface area (Å²) < 4.78 is 19.3. The number of aromatic nitrogens is 1. The summed E-state index contributed by atoms with van der Waals surface area (Å²) in [6.07, 6.45) is 0. The highest BCUT2D eigenvalue weighted by atomic mass is 19.1. The Morgan fingerprint density at radius 1 is 1.31 bits per heavy atom. The Morgan fingerprint density at radius 2 is 2.04 bits per heavy atom. The number of fused-ring (bicyclic) bond motifs is 1. The fraction of sp³-hybridized carbons (Fsp3) is 0.111. The number of rotatable bonds is 4. The van der Waals surface area contributed by atoms with Gasteiger partial charge >= 0.3 is 5.97 Å². The Balaban J connectivity index is 2.51. The van der Waals surface area contributed by atoms with Gasteiger partial charge in [-0.05, 0) is 30.3 Å². The maximum absolute atomic E-state index is 14.3. The number of nitrogens with one attached hydrogen (secondary N) is 1. The first kappa shape index (κ1) is 17.3. The summed E-state index contributed by atoms with van der Waals surface area (Å²) in [5.41, 5.74) is -1.25. The van der Waals surface area contributed by atoms with Crippen molar-refractivity contribution in [2.75, 3.05) is 6.61 Å². The summed E-state index contributed by atoms with van der Waals surface area (Å²) in [4.78, 5) is 38.3. The zero-order valence-corrected chi connectivity index (χ0v) is 13.6. The summed E-state index contributed by atoms with van der Waals surface area (Å²) >= 11 is 0. The van der Waals surface area contributed by atoms with Gasteiger partial charge in [0.05, 0.1) is 23.3 Å². The Morgan fingerprint density at radius 3 is 2.69 bits per heavy atom. The number of pyridine rings is 1. The lowest BCUT2D eigenvalue weighted by molar-refractivity contribution is 0.0529. The minimum atomic E-state index is -0.838. The minimum Gasteiger partial charge on any atom is -0.507 e. The number of hydrogen-bond acceptors (Lipinski definition) is 6. The highest BCUT2D eigenvalue weighted by Gasteiger charge is 2.24. The molecule has 3 aromatic rings. The average Bonchev–Trinajstić information content (AvgIpc) is 2.61. The third kappa shape index (κ3) is 2.81. The van der Waals surface area contributed by atoms with Crippen LogP contribution in [-0.2, 0) is 4.74 Å². The van der Waals surface area contributed by atoms with Crippen molar-refractivity contribution in [1.82, 2.24) is 4.98 Å². The van der Waals surface area contributed by atoms with E-state index in [1.807, 2.05) is 0 Å². The van der Waals surface area contributed by atoms with E-state index in [1.165, 1.54) is 30.3 Å². The summed E-state index contributed by atoms with van der Waals surface area (Å²) in [6.45, 7) is 1.62. The van der Waals surface area contributed by atoms with E-state index in [1.54, 1.807) is 6.92 Å². The van der Waals surface area contributed by atoms with Crippen LogP contribution in [0.1, 0.15) is 17.3 Å². The number of nitroso groups, excluding NO2 is 1. The molecule has 0 aliphatic carbocycles. The van der Waals surface area contributed by atoms with Gasteiger partial charge < -0.3 is 14.8 Å². The van der Waals surface area contributed by atoms with Crippen molar-refractivity contribution >= 4 is 22.4 Å². The lowest BCUT2D eigenvalue weighted by Gasteiger charge is -2.13. The second-order valence-corrected chi connectivity index (χ2v) is 5.38. The standard InChI is InChI=1S/C18H13FN2O5/c1-2-26-18(24)15-11-7-9(21-25)8-13(22)14(11)17(23)20-16(15)10-5-3-4-6-12(10)19/h3-8,22H,2H2,1H3,(H,20,23). The summed E-state index contributed by atoms with van der Waals surface area (Å²) in [7, 11) is 0. The monoisotopic (exact) mass is 356 g/mol. The second-order valence-electron chi connectivity index (χ2n) is 5.38. The molecule has 2 aromatic carbocycles. The van der Waals surface area contributed by atoms with Crippen molar-refractivity contribution in [2.45, 2.75) is 6.92 Å². The van der Waals surface area contributed by atoms with Crippen LogP contribution < -0.4 is 5.56 Å². The average molecular weight is 356 g/mol. The summed E-state index contributed by atoms with van der Waals surface area (Å²) in [5, 5.41) is 12.5. The van der Waals surface area contributed by atoms with Crippen LogP contribution in [0.5, 0.6) is 5.75 Å². The number of aromatic hydroxyl groups is 1. The van der Waals surface area contributed by atoms with Gasteiger partial charge in [0, 0.05) is 17.0 Å². The number of phenolic OH excluding ortho intramolecular Hbond substituents is 1. The minimum absolute atomic E-state index is 0.0292. The number of aromatic amines is 1. The van der Waals surface area contributed by atoms with Gasteiger partial charge in [0.15, 0.2) is 0 Å². The summed E-state index contributed by atoms with van der Waals surface area (Å²) in [6, 6.07) is 7.74. The lowest BCUT2D eigenvalue weighted by atomic mass is 9.98. The molecule has 8 heteroatoms. The number of esters is 1. The molecule has 0 spiro atoms. The number of H-pyrrole nitrogens is 1. The highest BCUT2D eigenvalue weighted by Crippen LogP contribution is 2.35. The molecule has 0 saturated heterocycles. The molecule has 0 amide bonds. The number of ether oxygens (including phenoxy) is 1. The van der Waals surface area contributed by atoms with E-state index >= 15 is 0 Å². The fourth-order valence-electron chi connectivity index (χ4n) is 2.75. The molecule has 0 atom stereocenters. The summed E-state index contributed by atoms with van der Waals surface area (Å²) in [5.74, 6) is -2.03. The molecule has 2 N–H and O–H groups in total. The number of nitrogens with zero attached hydrogens (tertiary/aromatic N) is 1. The van der Waals surface area contributed by atoms with Crippen molar-refractivity contribution in [2.24, 2.45) is 5.18 Å². The Bertz CT molecular complexity index is 1090. The van der Waals surface area contributed by atoms with Crippen molar-refractivity contribution in [3.63, 3.8) is 0 Å². The van der Waals surface area contributed by atoms with Crippen molar-refractivity contribution < 1.29 is 19.0 Å². The van der Waals surface area contributed by atoms with Crippen LogP contribution in [0.2, 0.25) is 0 Å². The van der Waals surface area contributed by atoms with Crippen LogP contribution in [0.15, 0.2) is 46.4 Å². The lowest BCUT2D eigenvalue weighted by Crippen LogP contribution is -2.16. The van der Waals surface area contributed by atoms with E-state index in [0.717, 1.165) is 6.07 Å². The molecule has 3 rings (SSSR count). The van der Waals surface area contributed by atoms with Crippen molar-refractivity contribution in [3.8, 4) is 17.0 Å². The van der Waals surface area contributed by atoms with Crippen LogP contribution in [0.3, 0.4) is 0 Å². The van der Waals surface area contributed by atoms with Crippen LogP contribution in [0.4, 0.5) is 10.1 Å². The molecule has 26 heavy (non-hydrogen) atoms. The predicted molar refractivity (Wildman–Crippen MR) is 93.0 cm³/mol. The molecule has 1 heterocycles. The quantitative estimate of drug-likeness (QED) is 0.548. The molecule has 132 valence electrons. The number of carbonyl (C=O) groups excluding carboxylic acids is 1. The first-order chi connectivity index (χ1) is 12.5. The number of benzene rings is 2. The van der Waals surface area contributed by atoms with E-state index in [4.69, 9.17) is 4.74 Å². The van der Waals surface area contributed by atoms with Crippen molar-refractivity contribution in [1.29, 1.82) is 0 Å². The molecular weight excluding hydrogens is 343 g/mol. The number of carbonyl (C=O) groups is 1. The Kier molecular flexibility index (Phi) is 4.49. The molecule has 0 radical (unpaired) electrons. The highest BCUT2D eigenvalue weighted by molar-refractivity contribution is 6.11. The fourth-order valence-corrected chi connectivity index (χ4v) is 2.75. The van der Waals surface area contributed by atoms with E-state index in [0.29, 0.717) is 0 Å². The molecule has 0 unspecified atom stereocenters. The first-order valence-corrected chi connectivity index (χ1v) is 7.66. The van der Waals surface area contributed by atoms with Crippen LogP contribution in [0, 0.1) is 10.7 Å². The molecular formula is C18H13FN2O5. The Labute approximate surface area is 146 Å². The predicted octanol–water partition coefficient (Wildman–Crippen LogP) is 3.61. The van der Waals surface area contributed by atoms with E-state index < -0.39 is 23.1 Å². The third-order valence-corrected chi connectivity index (χ3v) is 3.82. The largest absolute Gasteiger partial charge is 0.507 e. The molecule has 0 bridgehead atoms. The molecule has 0 aliphatic heterocycles. The molecule has 0 saturated carbocycles. The van der Waals surface area contributed by atoms with E-state index in [9.17, 15) is 24.0 Å². The van der Waals surface area contributed by atoms with E-state index in [2.05, 4.69) is 10.2 Å². The van der Waals surface area contributed by atoms with Gasteiger partial charge in [-0.15, -0.1) is 4.91 Å². The van der Waals surface area contributed by atoms with Gasteiger partial charge in [-0.1, -0.05) is 12.1 Å². The zero-order valence-electron chi connectivity index (χ0n) is 13.6.